The predicted molar refractivity (Wildman–Crippen MR) is 100 cm³/mol. The van der Waals surface area contributed by atoms with Gasteiger partial charge in [-0.1, -0.05) is 0 Å². The number of ether oxygens (including phenoxy) is 1. The summed E-state index contributed by atoms with van der Waals surface area (Å²) in [5, 5.41) is 0. The number of methoxy groups -OCH3 is 1. The smallest absolute Gasteiger partial charge is 0.228 e. The highest BCUT2D eigenvalue weighted by molar-refractivity contribution is 5.81. The topological polar surface area (TPSA) is 105 Å². The summed E-state index contributed by atoms with van der Waals surface area (Å²) in [5.41, 5.74) is 6.06. The Morgan fingerprint density at radius 3 is 2.56 bits per heavy atom. The fraction of sp³-hybridized carbons (Fsp3) is 0.667. The van der Waals surface area contributed by atoms with Crippen LogP contribution in [0.5, 0.6) is 5.88 Å². The summed E-state index contributed by atoms with van der Waals surface area (Å²) in [6, 6.07) is 1.65. The van der Waals surface area contributed by atoms with E-state index in [9.17, 15) is 9.59 Å². The van der Waals surface area contributed by atoms with Crippen LogP contribution in [0.15, 0.2) is 12.3 Å². The molecule has 148 valence electrons. The van der Waals surface area contributed by atoms with Crippen LogP contribution in [0.3, 0.4) is 0 Å². The molecule has 1 aromatic rings. The molecule has 27 heavy (non-hydrogen) atoms. The van der Waals surface area contributed by atoms with Gasteiger partial charge in [0.05, 0.1) is 13.0 Å². The maximum absolute atomic E-state index is 13.0. The van der Waals surface area contributed by atoms with Crippen LogP contribution in [0.2, 0.25) is 0 Å². The van der Waals surface area contributed by atoms with Crippen LogP contribution in [0, 0.1) is 5.92 Å². The van der Waals surface area contributed by atoms with Crippen molar-refractivity contribution in [2.75, 3.05) is 51.3 Å². The molecule has 0 spiro atoms. The largest absolute Gasteiger partial charge is 0.481 e. The van der Waals surface area contributed by atoms with Gasteiger partial charge in [-0.2, -0.15) is 4.98 Å². The zero-order chi connectivity index (χ0) is 19.4. The highest BCUT2D eigenvalue weighted by atomic mass is 16.5. The molecule has 2 N–H and O–H groups in total. The summed E-state index contributed by atoms with van der Waals surface area (Å²) >= 11 is 0. The standard InChI is InChI=1S/C18H28N6O3/c1-13(25)24-11-14(3-4-15(19)12-24)17(26)22-7-9-23(10-8-22)18-20-6-5-16(21-18)27-2/h5-6,14-15H,3-4,7-12,19H2,1-2H3/t14-,15+/m1/s1. The number of likely N-dealkylation sites (tertiary alicyclic amines) is 1. The van der Waals surface area contributed by atoms with Gasteiger partial charge in [0, 0.05) is 64.5 Å². The van der Waals surface area contributed by atoms with Crippen molar-refractivity contribution in [1.29, 1.82) is 0 Å². The second kappa shape index (κ2) is 8.51. The summed E-state index contributed by atoms with van der Waals surface area (Å²) in [6.45, 7) is 5.08. The van der Waals surface area contributed by atoms with E-state index >= 15 is 0 Å². The molecular formula is C18H28N6O3. The Bertz CT molecular complexity index is 677. The highest BCUT2D eigenvalue weighted by Gasteiger charge is 2.32. The predicted octanol–water partition coefficient (Wildman–Crippen LogP) is -0.280. The average Bonchev–Trinajstić information content (AvgIpc) is 2.89. The van der Waals surface area contributed by atoms with Crippen molar-refractivity contribution in [2.24, 2.45) is 11.7 Å². The van der Waals surface area contributed by atoms with Crippen molar-refractivity contribution in [2.45, 2.75) is 25.8 Å². The number of hydrogen-bond donors (Lipinski definition) is 1. The Labute approximate surface area is 159 Å². The van der Waals surface area contributed by atoms with Crippen LogP contribution in [-0.2, 0) is 9.59 Å². The second-order valence-electron chi connectivity index (χ2n) is 7.17. The molecule has 0 aromatic carbocycles. The third-order valence-electron chi connectivity index (χ3n) is 5.28. The first-order valence-corrected chi connectivity index (χ1v) is 9.39. The first-order valence-electron chi connectivity index (χ1n) is 9.39. The summed E-state index contributed by atoms with van der Waals surface area (Å²) in [4.78, 5) is 39.1. The summed E-state index contributed by atoms with van der Waals surface area (Å²) < 4.78 is 5.15. The molecule has 3 heterocycles. The number of aromatic nitrogens is 2. The van der Waals surface area contributed by atoms with Gasteiger partial charge in [0.25, 0.3) is 0 Å². The third kappa shape index (κ3) is 4.65. The summed E-state index contributed by atoms with van der Waals surface area (Å²) in [7, 11) is 1.58. The Balaban J connectivity index is 1.59. The van der Waals surface area contributed by atoms with Crippen molar-refractivity contribution in [1.82, 2.24) is 19.8 Å². The molecule has 2 aliphatic heterocycles. The minimum atomic E-state index is -0.179. The lowest BCUT2D eigenvalue weighted by atomic mass is 10.00. The van der Waals surface area contributed by atoms with E-state index < -0.39 is 0 Å². The van der Waals surface area contributed by atoms with Crippen molar-refractivity contribution >= 4 is 17.8 Å². The third-order valence-corrected chi connectivity index (χ3v) is 5.28. The Morgan fingerprint density at radius 2 is 1.89 bits per heavy atom. The lowest BCUT2D eigenvalue weighted by Gasteiger charge is -2.36. The first kappa shape index (κ1) is 19.3. The van der Waals surface area contributed by atoms with Crippen molar-refractivity contribution < 1.29 is 14.3 Å². The van der Waals surface area contributed by atoms with Gasteiger partial charge >= 0.3 is 0 Å². The fourth-order valence-electron chi connectivity index (χ4n) is 3.66. The highest BCUT2D eigenvalue weighted by Crippen LogP contribution is 2.21. The van der Waals surface area contributed by atoms with Gasteiger partial charge in [-0.3, -0.25) is 9.59 Å². The van der Waals surface area contributed by atoms with E-state index in [1.807, 2.05) is 4.90 Å². The molecule has 0 radical (unpaired) electrons. The molecule has 9 heteroatoms. The van der Waals surface area contributed by atoms with E-state index in [0.717, 1.165) is 12.8 Å². The molecule has 0 aliphatic carbocycles. The molecule has 2 saturated heterocycles. The number of rotatable bonds is 3. The molecule has 9 nitrogen and oxygen atoms in total. The zero-order valence-corrected chi connectivity index (χ0v) is 16.0. The van der Waals surface area contributed by atoms with Crippen LogP contribution >= 0.6 is 0 Å². The summed E-state index contributed by atoms with van der Waals surface area (Å²) in [5.74, 6) is 1.05. The van der Waals surface area contributed by atoms with Crippen LogP contribution in [-0.4, -0.2) is 84.0 Å². The zero-order valence-electron chi connectivity index (χ0n) is 16.0. The lowest BCUT2D eigenvalue weighted by molar-refractivity contribution is -0.138. The lowest BCUT2D eigenvalue weighted by Crippen LogP contribution is -2.52. The minimum absolute atomic E-state index is 0.0230. The van der Waals surface area contributed by atoms with Crippen molar-refractivity contribution in [3.05, 3.63) is 12.3 Å². The van der Waals surface area contributed by atoms with Gasteiger partial charge in [-0.25, -0.2) is 4.98 Å². The fourth-order valence-corrected chi connectivity index (χ4v) is 3.66. The van der Waals surface area contributed by atoms with E-state index in [-0.39, 0.29) is 23.8 Å². The molecule has 2 aliphatic rings. The molecular weight excluding hydrogens is 348 g/mol. The Morgan fingerprint density at radius 1 is 1.15 bits per heavy atom. The molecule has 0 saturated carbocycles. The van der Waals surface area contributed by atoms with E-state index in [1.54, 1.807) is 24.3 Å². The summed E-state index contributed by atoms with van der Waals surface area (Å²) in [6.07, 6.45) is 3.16. The van der Waals surface area contributed by atoms with Crippen molar-refractivity contribution in [3.8, 4) is 5.88 Å². The maximum Gasteiger partial charge on any atom is 0.228 e. The monoisotopic (exact) mass is 376 g/mol. The van der Waals surface area contributed by atoms with Gasteiger partial charge in [0.2, 0.25) is 23.6 Å². The van der Waals surface area contributed by atoms with Gasteiger partial charge in [0.15, 0.2) is 0 Å². The van der Waals surface area contributed by atoms with E-state index in [4.69, 9.17) is 10.5 Å². The number of nitrogens with two attached hydrogens (primary N) is 1. The first-order chi connectivity index (χ1) is 13.0. The molecule has 2 fully saturated rings. The Kier molecular flexibility index (Phi) is 6.10. The van der Waals surface area contributed by atoms with Gasteiger partial charge in [-0.05, 0) is 12.8 Å². The molecule has 2 atom stereocenters. The van der Waals surface area contributed by atoms with Gasteiger partial charge in [0.1, 0.15) is 0 Å². The maximum atomic E-state index is 13.0. The van der Waals surface area contributed by atoms with E-state index in [2.05, 4.69) is 14.9 Å². The number of carbonyl (C=O) groups is 2. The molecule has 0 bridgehead atoms. The number of nitrogens with zero attached hydrogens (tertiary/aromatic N) is 5. The van der Waals surface area contributed by atoms with E-state index in [0.29, 0.717) is 51.1 Å². The quantitative estimate of drug-likeness (QED) is 0.773. The van der Waals surface area contributed by atoms with Crippen LogP contribution in [0.4, 0.5) is 5.95 Å². The van der Waals surface area contributed by atoms with Crippen LogP contribution in [0.1, 0.15) is 19.8 Å². The number of piperazine rings is 1. The molecule has 0 unspecified atom stereocenters. The van der Waals surface area contributed by atoms with Crippen LogP contribution in [0.25, 0.3) is 0 Å². The number of hydrogen-bond acceptors (Lipinski definition) is 7. The van der Waals surface area contributed by atoms with Gasteiger partial charge in [-0.15, -0.1) is 0 Å². The Hall–Kier alpha value is -2.42. The van der Waals surface area contributed by atoms with Crippen LogP contribution < -0.4 is 15.4 Å². The molecule has 1 aromatic heterocycles. The van der Waals surface area contributed by atoms with E-state index in [1.165, 1.54) is 6.92 Å². The second-order valence-corrected chi connectivity index (χ2v) is 7.17. The average molecular weight is 376 g/mol. The number of amides is 2. The normalized spacial score (nSPS) is 23.7. The van der Waals surface area contributed by atoms with Crippen molar-refractivity contribution in [3.63, 3.8) is 0 Å². The number of anilines is 1. The number of carbonyl (C=O) groups excluding carboxylic acids is 2. The SMILES string of the molecule is COc1ccnc(N2CCN(C(=O)[C@@H]3CC[C@H](N)CN(C(C)=O)C3)CC2)n1. The molecule has 3 rings (SSSR count). The molecule has 2 amide bonds. The van der Waals surface area contributed by atoms with Gasteiger partial charge < -0.3 is 25.2 Å². The minimum Gasteiger partial charge on any atom is -0.481 e.